The van der Waals surface area contributed by atoms with Crippen molar-refractivity contribution in [1.82, 2.24) is 5.32 Å². The number of hydrogen-bond donors (Lipinski definition) is 2. The molecular formula is C25H29N2O4+. The summed E-state index contributed by atoms with van der Waals surface area (Å²) in [6, 6.07) is 18.0. The fraction of sp³-hybridized carbons (Fsp3) is 0.320. The number of hydrogen-bond acceptors (Lipinski definition) is 4. The van der Waals surface area contributed by atoms with Crippen LogP contribution in [0.1, 0.15) is 40.2 Å². The van der Waals surface area contributed by atoms with E-state index in [0.717, 1.165) is 25.3 Å². The zero-order valence-corrected chi connectivity index (χ0v) is 18.2. The minimum Gasteiger partial charge on any atom is -0.493 e. The molecule has 0 fully saturated rings. The standard InChI is InChI=1S/C25H28N2O4/c1-17(26-25(28)21-10-7-13-31-21)24-20-15-23(30-3)22(29-2)14-19(20)11-12-27(24)16-18-8-5-4-6-9-18/h4-10,13-15,17,24H,11-12,16H2,1-3H3,(H,26,28)/p+1/t17-,24+/m1/s1. The average molecular weight is 422 g/mol. The first-order valence-electron chi connectivity index (χ1n) is 10.6. The quantitative estimate of drug-likeness (QED) is 0.616. The van der Waals surface area contributed by atoms with Gasteiger partial charge in [0.15, 0.2) is 17.3 Å². The van der Waals surface area contributed by atoms with E-state index < -0.39 is 0 Å². The van der Waals surface area contributed by atoms with Gasteiger partial charge in [-0.1, -0.05) is 30.3 Å². The molecule has 3 aromatic rings. The lowest BCUT2D eigenvalue weighted by molar-refractivity contribution is -0.948. The lowest BCUT2D eigenvalue weighted by Crippen LogP contribution is -3.13. The van der Waals surface area contributed by atoms with E-state index in [1.165, 1.54) is 27.9 Å². The Morgan fingerprint density at radius 2 is 1.87 bits per heavy atom. The SMILES string of the molecule is COc1cc2c(cc1OC)[C@H]([C@@H](C)NC(=O)c1ccco1)[NH+](Cc1ccccc1)CC2. The van der Waals surface area contributed by atoms with Crippen LogP contribution in [0.2, 0.25) is 0 Å². The molecule has 4 rings (SSSR count). The van der Waals surface area contributed by atoms with Crippen LogP contribution in [0.3, 0.4) is 0 Å². The third kappa shape index (κ3) is 4.44. The van der Waals surface area contributed by atoms with Crippen molar-refractivity contribution in [3.63, 3.8) is 0 Å². The van der Waals surface area contributed by atoms with Crippen LogP contribution in [0.15, 0.2) is 65.3 Å². The molecule has 1 aromatic heterocycles. The number of methoxy groups -OCH3 is 2. The summed E-state index contributed by atoms with van der Waals surface area (Å²) in [6.45, 7) is 3.89. The van der Waals surface area contributed by atoms with Crippen molar-refractivity contribution >= 4 is 5.91 Å². The zero-order valence-electron chi connectivity index (χ0n) is 18.2. The molecule has 0 aliphatic carbocycles. The Morgan fingerprint density at radius 3 is 2.55 bits per heavy atom. The van der Waals surface area contributed by atoms with Gasteiger partial charge < -0.3 is 24.1 Å². The molecule has 6 heteroatoms. The number of carbonyl (C=O) groups excluding carboxylic acids is 1. The third-order valence-corrected chi connectivity index (χ3v) is 6.01. The fourth-order valence-corrected chi connectivity index (χ4v) is 4.56. The molecule has 0 saturated heterocycles. The molecule has 0 bridgehead atoms. The summed E-state index contributed by atoms with van der Waals surface area (Å²) >= 11 is 0. The lowest BCUT2D eigenvalue weighted by atomic mass is 9.87. The van der Waals surface area contributed by atoms with Crippen LogP contribution in [0.5, 0.6) is 11.5 Å². The zero-order chi connectivity index (χ0) is 21.8. The van der Waals surface area contributed by atoms with Gasteiger partial charge in [-0.25, -0.2) is 0 Å². The van der Waals surface area contributed by atoms with Crippen molar-refractivity contribution in [2.24, 2.45) is 0 Å². The van der Waals surface area contributed by atoms with Crippen molar-refractivity contribution in [2.45, 2.75) is 32.0 Å². The summed E-state index contributed by atoms with van der Waals surface area (Å²) in [7, 11) is 3.31. The van der Waals surface area contributed by atoms with Gasteiger partial charge in [0, 0.05) is 17.5 Å². The molecule has 31 heavy (non-hydrogen) atoms. The Hall–Kier alpha value is -3.25. The van der Waals surface area contributed by atoms with Crippen LogP contribution in [0, 0.1) is 0 Å². The largest absolute Gasteiger partial charge is 0.493 e. The molecule has 0 radical (unpaired) electrons. The maximum absolute atomic E-state index is 12.7. The van der Waals surface area contributed by atoms with E-state index in [1.54, 1.807) is 26.4 Å². The van der Waals surface area contributed by atoms with Crippen molar-refractivity contribution in [2.75, 3.05) is 20.8 Å². The number of amides is 1. The minimum absolute atomic E-state index is 0.0580. The highest BCUT2D eigenvalue weighted by Gasteiger charge is 2.37. The molecule has 1 aliphatic rings. The monoisotopic (exact) mass is 421 g/mol. The smallest absolute Gasteiger partial charge is 0.287 e. The minimum atomic E-state index is -0.204. The van der Waals surface area contributed by atoms with Gasteiger partial charge in [-0.3, -0.25) is 4.79 Å². The Labute approximate surface area is 182 Å². The predicted octanol–water partition coefficient (Wildman–Crippen LogP) is 2.80. The van der Waals surface area contributed by atoms with Crippen LogP contribution in [0.4, 0.5) is 0 Å². The number of carbonyl (C=O) groups is 1. The average Bonchev–Trinajstić information content (AvgIpc) is 3.33. The molecule has 2 N–H and O–H groups in total. The van der Waals surface area contributed by atoms with E-state index in [1.807, 2.05) is 6.07 Å². The molecule has 0 spiro atoms. The first-order chi connectivity index (χ1) is 15.1. The maximum atomic E-state index is 12.7. The van der Waals surface area contributed by atoms with Crippen molar-refractivity contribution in [3.8, 4) is 11.5 Å². The van der Waals surface area contributed by atoms with E-state index in [0.29, 0.717) is 11.5 Å². The van der Waals surface area contributed by atoms with E-state index in [2.05, 4.69) is 48.6 Å². The molecule has 1 unspecified atom stereocenters. The van der Waals surface area contributed by atoms with Crippen LogP contribution >= 0.6 is 0 Å². The van der Waals surface area contributed by atoms with Gasteiger partial charge in [-0.05, 0) is 36.8 Å². The van der Waals surface area contributed by atoms with Gasteiger partial charge in [-0.2, -0.15) is 0 Å². The topological polar surface area (TPSA) is 65.1 Å². The molecule has 2 heterocycles. The van der Waals surface area contributed by atoms with Gasteiger partial charge in [0.25, 0.3) is 5.91 Å². The highest BCUT2D eigenvalue weighted by atomic mass is 16.5. The molecule has 3 atom stereocenters. The van der Waals surface area contributed by atoms with Crippen LogP contribution in [-0.2, 0) is 13.0 Å². The number of rotatable bonds is 7. The fourth-order valence-electron chi connectivity index (χ4n) is 4.56. The molecule has 0 saturated carbocycles. The van der Waals surface area contributed by atoms with Crippen molar-refractivity contribution < 1.29 is 23.6 Å². The number of quaternary nitrogens is 1. The second-order valence-electron chi connectivity index (χ2n) is 7.94. The second kappa shape index (κ2) is 9.27. The molecule has 1 amide bonds. The normalized spacial score (nSPS) is 18.7. The molecule has 2 aromatic carbocycles. The van der Waals surface area contributed by atoms with Crippen molar-refractivity contribution in [1.29, 1.82) is 0 Å². The van der Waals surface area contributed by atoms with E-state index in [-0.39, 0.29) is 18.0 Å². The third-order valence-electron chi connectivity index (χ3n) is 6.01. The van der Waals surface area contributed by atoms with E-state index >= 15 is 0 Å². The lowest BCUT2D eigenvalue weighted by Gasteiger charge is -2.38. The van der Waals surface area contributed by atoms with Gasteiger partial charge in [0.2, 0.25) is 0 Å². The van der Waals surface area contributed by atoms with Crippen molar-refractivity contribution in [3.05, 3.63) is 83.3 Å². The number of ether oxygens (including phenoxy) is 2. The molecule has 6 nitrogen and oxygen atoms in total. The summed E-state index contributed by atoms with van der Waals surface area (Å²) in [6.07, 6.45) is 2.45. The van der Waals surface area contributed by atoms with Gasteiger partial charge in [0.1, 0.15) is 12.6 Å². The van der Waals surface area contributed by atoms with E-state index in [4.69, 9.17) is 13.9 Å². The number of furan rings is 1. The highest BCUT2D eigenvalue weighted by Crippen LogP contribution is 2.35. The van der Waals surface area contributed by atoms with Crippen LogP contribution in [0.25, 0.3) is 0 Å². The number of nitrogens with one attached hydrogen (secondary N) is 2. The second-order valence-corrected chi connectivity index (χ2v) is 7.94. The molecule has 162 valence electrons. The van der Waals surface area contributed by atoms with Gasteiger partial charge in [0.05, 0.1) is 33.1 Å². The van der Waals surface area contributed by atoms with Gasteiger partial charge in [-0.15, -0.1) is 0 Å². The summed E-state index contributed by atoms with van der Waals surface area (Å²) < 4.78 is 16.4. The first-order valence-corrected chi connectivity index (χ1v) is 10.6. The summed E-state index contributed by atoms with van der Waals surface area (Å²) in [5.41, 5.74) is 3.69. The summed E-state index contributed by atoms with van der Waals surface area (Å²) in [5, 5.41) is 3.15. The maximum Gasteiger partial charge on any atom is 0.287 e. The summed E-state index contributed by atoms with van der Waals surface area (Å²) in [5.74, 6) is 1.56. The Kier molecular flexibility index (Phi) is 6.28. The predicted molar refractivity (Wildman–Crippen MR) is 118 cm³/mol. The van der Waals surface area contributed by atoms with Gasteiger partial charge >= 0.3 is 0 Å². The van der Waals surface area contributed by atoms with Crippen LogP contribution in [-0.4, -0.2) is 32.7 Å². The van der Waals surface area contributed by atoms with E-state index in [9.17, 15) is 4.79 Å². The molecular weight excluding hydrogens is 392 g/mol. The Morgan fingerprint density at radius 1 is 1.13 bits per heavy atom. The molecule has 1 aliphatic heterocycles. The summed E-state index contributed by atoms with van der Waals surface area (Å²) in [4.78, 5) is 14.1. The Bertz CT molecular complexity index is 1020. The number of benzene rings is 2. The number of fused-ring (bicyclic) bond motifs is 1. The first kappa shape index (κ1) is 21.0. The van der Waals surface area contributed by atoms with Crippen LogP contribution < -0.4 is 19.7 Å². The highest BCUT2D eigenvalue weighted by molar-refractivity contribution is 5.91. The Balaban J connectivity index is 1.68.